The normalized spacial score (nSPS) is 10.7. The van der Waals surface area contributed by atoms with Crippen molar-refractivity contribution in [2.45, 2.75) is 13.0 Å². The summed E-state index contributed by atoms with van der Waals surface area (Å²) in [5, 5.41) is 0. The van der Waals surface area contributed by atoms with Gasteiger partial charge in [-0.2, -0.15) is 0 Å². The van der Waals surface area contributed by atoms with Gasteiger partial charge in [0, 0.05) is 18.0 Å². The van der Waals surface area contributed by atoms with E-state index in [-0.39, 0.29) is 0 Å². The maximum Gasteiger partial charge on any atom is 0.141 e. The number of halogens is 2. The molecule has 0 atom stereocenters. The summed E-state index contributed by atoms with van der Waals surface area (Å²) in [6.45, 7) is 0.438. The van der Waals surface area contributed by atoms with E-state index in [2.05, 4.69) is 48.5 Å². The summed E-state index contributed by atoms with van der Waals surface area (Å²) < 4.78 is 7.03. The molecule has 100 valence electrons. The van der Waals surface area contributed by atoms with Crippen LogP contribution in [0.25, 0.3) is 0 Å². The van der Waals surface area contributed by atoms with Gasteiger partial charge in [0.15, 0.2) is 0 Å². The number of ether oxygens (including phenoxy) is 1. The average molecular weight is 434 g/mol. The van der Waals surface area contributed by atoms with Crippen molar-refractivity contribution in [2.24, 2.45) is 0 Å². The fourth-order valence-electron chi connectivity index (χ4n) is 1.69. The van der Waals surface area contributed by atoms with Crippen LogP contribution in [0.2, 0.25) is 0 Å². The van der Waals surface area contributed by atoms with Crippen molar-refractivity contribution < 1.29 is 4.74 Å². The monoisotopic (exact) mass is 433 g/mol. The van der Waals surface area contributed by atoms with Crippen LogP contribution in [-0.2, 0) is 17.8 Å². The van der Waals surface area contributed by atoms with Crippen LogP contribution in [0.3, 0.4) is 0 Å². The first kappa shape index (κ1) is 14.7. The van der Waals surface area contributed by atoms with Gasteiger partial charge in [-0.25, -0.2) is 9.97 Å². The van der Waals surface area contributed by atoms with Crippen LogP contribution in [0.4, 0.5) is 5.82 Å². The smallest absolute Gasteiger partial charge is 0.141 e. The van der Waals surface area contributed by atoms with Crippen LogP contribution in [0.1, 0.15) is 17.1 Å². The first-order chi connectivity index (χ1) is 9.11. The van der Waals surface area contributed by atoms with Crippen molar-refractivity contribution in [3.63, 3.8) is 0 Å². The van der Waals surface area contributed by atoms with Gasteiger partial charge in [-0.05, 0) is 34.2 Å². The number of aromatic nitrogens is 2. The molecule has 0 aliphatic rings. The summed E-state index contributed by atoms with van der Waals surface area (Å²) in [6, 6.07) is 8.01. The van der Waals surface area contributed by atoms with Crippen molar-refractivity contribution in [3.05, 3.63) is 49.4 Å². The number of nitrogens with zero attached hydrogens (tertiary/aromatic N) is 2. The Morgan fingerprint density at radius 1 is 1.32 bits per heavy atom. The Kier molecular flexibility index (Phi) is 5.12. The predicted molar refractivity (Wildman–Crippen MR) is 86.8 cm³/mol. The summed E-state index contributed by atoms with van der Waals surface area (Å²) in [5.41, 5.74) is 7.88. The average Bonchev–Trinajstić information content (AvgIpc) is 2.38. The van der Waals surface area contributed by atoms with E-state index in [9.17, 15) is 0 Å². The molecule has 0 fully saturated rings. The molecule has 0 aliphatic carbocycles. The molecule has 1 heterocycles. The van der Waals surface area contributed by atoms with E-state index in [0.29, 0.717) is 24.7 Å². The van der Waals surface area contributed by atoms with E-state index < -0.39 is 0 Å². The van der Waals surface area contributed by atoms with Crippen LogP contribution in [0.5, 0.6) is 0 Å². The number of benzene rings is 1. The highest BCUT2D eigenvalue weighted by molar-refractivity contribution is 14.1. The van der Waals surface area contributed by atoms with Crippen molar-refractivity contribution in [1.82, 2.24) is 9.97 Å². The van der Waals surface area contributed by atoms with Gasteiger partial charge in [0.1, 0.15) is 11.6 Å². The van der Waals surface area contributed by atoms with Crippen LogP contribution in [-0.4, -0.2) is 17.1 Å². The molecule has 2 N–H and O–H groups in total. The molecule has 0 amide bonds. The SMILES string of the molecule is COCc1nc(Cc2ccccc2Br)nc(N)c1I. The second-order valence-corrected chi connectivity index (χ2v) is 5.92. The third-order valence-electron chi connectivity index (χ3n) is 2.58. The van der Waals surface area contributed by atoms with Crippen molar-refractivity contribution >= 4 is 44.3 Å². The van der Waals surface area contributed by atoms with Crippen LogP contribution < -0.4 is 5.73 Å². The Balaban J connectivity index is 2.33. The number of nitrogens with two attached hydrogens (primary N) is 1. The molecule has 0 unspecified atom stereocenters. The second-order valence-electron chi connectivity index (χ2n) is 3.99. The minimum absolute atomic E-state index is 0.438. The molecule has 6 heteroatoms. The molecule has 0 saturated carbocycles. The predicted octanol–water partition coefficient (Wildman–Crippen LogP) is 3.16. The summed E-state index contributed by atoms with van der Waals surface area (Å²) in [7, 11) is 1.64. The third kappa shape index (κ3) is 3.64. The van der Waals surface area contributed by atoms with Crippen molar-refractivity contribution in [3.8, 4) is 0 Å². The van der Waals surface area contributed by atoms with Gasteiger partial charge in [-0.3, -0.25) is 0 Å². The maximum absolute atomic E-state index is 5.92. The van der Waals surface area contributed by atoms with Gasteiger partial charge in [0.25, 0.3) is 0 Å². The van der Waals surface area contributed by atoms with Crippen LogP contribution in [0.15, 0.2) is 28.7 Å². The molecule has 0 bridgehead atoms. The number of rotatable bonds is 4. The van der Waals surface area contributed by atoms with E-state index in [4.69, 9.17) is 10.5 Å². The van der Waals surface area contributed by atoms with Gasteiger partial charge >= 0.3 is 0 Å². The second kappa shape index (κ2) is 6.62. The topological polar surface area (TPSA) is 61.0 Å². The lowest BCUT2D eigenvalue weighted by molar-refractivity contribution is 0.180. The highest BCUT2D eigenvalue weighted by Crippen LogP contribution is 2.21. The molecule has 0 radical (unpaired) electrons. The standard InChI is InChI=1S/C13H13BrIN3O/c1-19-7-10-12(15)13(16)18-11(17-10)6-8-4-2-3-5-9(8)14/h2-5H,6-7H2,1H3,(H2,16,17,18). The number of anilines is 1. The molecule has 1 aromatic carbocycles. The van der Waals surface area contributed by atoms with Gasteiger partial charge in [0.2, 0.25) is 0 Å². The molecule has 0 aliphatic heterocycles. The molecule has 0 saturated heterocycles. The van der Waals surface area contributed by atoms with E-state index in [1.807, 2.05) is 24.3 Å². The van der Waals surface area contributed by atoms with Gasteiger partial charge in [0.05, 0.1) is 15.9 Å². The Morgan fingerprint density at radius 3 is 2.74 bits per heavy atom. The lowest BCUT2D eigenvalue weighted by Gasteiger charge is -2.09. The molecule has 19 heavy (non-hydrogen) atoms. The number of hydrogen-bond acceptors (Lipinski definition) is 4. The van der Waals surface area contributed by atoms with Crippen LogP contribution >= 0.6 is 38.5 Å². The maximum atomic E-state index is 5.92. The van der Waals surface area contributed by atoms with Crippen molar-refractivity contribution in [2.75, 3.05) is 12.8 Å². The first-order valence-electron chi connectivity index (χ1n) is 5.65. The zero-order valence-corrected chi connectivity index (χ0v) is 14.1. The largest absolute Gasteiger partial charge is 0.383 e. The molecule has 1 aromatic heterocycles. The zero-order valence-electron chi connectivity index (χ0n) is 10.4. The van der Waals surface area contributed by atoms with Crippen LogP contribution in [0, 0.1) is 3.57 Å². The molecule has 4 nitrogen and oxygen atoms in total. The van der Waals surface area contributed by atoms with E-state index in [1.54, 1.807) is 7.11 Å². The van der Waals surface area contributed by atoms with E-state index in [0.717, 1.165) is 19.3 Å². The lowest BCUT2D eigenvalue weighted by Crippen LogP contribution is -2.08. The highest BCUT2D eigenvalue weighted by atomic mass is 127. The van der Waals surface area contributed by atoms with Gasteiger partial charge in [-0.1, -0.05) is 34.1 Å². The minimum Gasteiger partial charge on any atom is -0.383 e. The first-order valence-corrected chi connectivity index (χ1v) is 7.52. The number of hydrogen-bond donors (Lipinski definition) is 1. The fourth-order valence-corrected chi connectivity index (χ4v) is 2.51. The van der Waals surface area contributed by atoms with Gasteiger partial charge < -0.3 is 10.5 Å². The Hall–Kier alpha value is -0.730. The third-order valence-corrected chi connectivity index (χ3v) is 4.53. The van der Waals surface area contributed by atoms with Crippen molar-refractivity contribution in [1.29, 1.82) is 0 Å². The summed E-state index contributed by atoms with van der Waals surface area (Å²) in [5.74, 6) is 1.21. The summed E-state index contributed by atoms with van der Waals surface area (Å²) >= 11 is 5.67. The summed E-state index contributed by atoms with van der Waals surface area (Å²) in [6.07, 6.45) is 0.638. The molecule has 2 rings (SSSR count). The number of methoxy groups -OCH3 is 1. The Bertz CT molecular complexity index is 592. The summed E-state index contributed by atoms with van der Waals surface area (Å²) in [4.78, 5) is 8.85. The molecule has 2 aromatic rings. The number of nitrogen functional groups attached to an aromatic ring is 1. The lowest BCUT2D eigenvalue weighted by atomic mass is 10.1. The highest BCUT2D eigenvalue weighted by Gasteiger charge is 2.11. The molecular weight excluding hydrogens is 421 g/mol. The molecular formula is C13H13BrIN3O. The van der Waals surface area contributed by atoms with E-state index >= 15 is 0 Å². The van der Waals surface area contributed by atoms with E-state index in [1.165, 1.54) is 0 Å². The Labute approximate surface area is 134 Å². The quantitative estimate of drug-likeness (QED) is 0.752. The zero-order chi connectivity index (χ0) is 13.8. The molecule has 0 spiro atoms. The van der Waals surface area contributed by atoms with Gasteiger partial charge in [-0.15, -0.1) is 0 Å². The minimum atomic E-state index is 0.438. The fraction of sp³-hybridized carbons (Fsp3) is 0.231. The Morgan fingerprint density at radius 2 is 2.05 bits per heavy atom.